The van der Waals surface area contributed by atoms with Crippen molar-refractivity contribution in [1.82, 2.24) is 10.5 Å². The van der Waals surface area contributed by atoms with E-state index >= 15 is 0 Å². The van der Waals surface area contributed by atoms with Gasteiger partial charge in [0, 0.05) is 48.2 Å². The standard InChI is InChI=1S/C29H33F3N4O3/c1-18-8-9-21(15-23(18)24-16-25(39-35-24)27(38)33-17-28(2,3)4)34-26(37)19-12-20(29(30,31)32)14-22(13-19)36-10-6-5-7-11-36/h8-9,12-16H,5-7,10-11,17H2,1-4H3,(H,33,38)(H,34,37). The van der Waals surface area contributed by atoms with Crippen LogP contribution in [0.15, 0.2) is 47.0 Å². The topological polar surface area (TPSA) is 87.5 Å². The Morgan fingerprint density at radius 3 is 2.36 bits per heavy atom. The van der Waals surface area contributed by atoms with Crippen LogP contribution in [-0.2, 0) is 6.18 Å². The Hall–Kier alpha value is -3.82. The number of aryl methyl sites for hydroxylation is 1. The fraction of sp³-hybridized carbons (Fsp3) is 0.414. The van der Waals surface area contributed by atoms with Gasteiger partial charge < -0.3 is 20.1 Å². The second-order valence-electron chi connectivity index (χ2n) is 11.1. The van der Waals surface area contributed by atoms with E-state index in [0.29, 0.717) is 42.3 Å². The number of nitrogens with zero attached hydrogens (tertiary/aromatic N) is 2. The summed E-state index contributed by atoms with van der Waals surface area (Å²) in [4.78, 5) is 27.5. The molecule has 0 unspecified atom stereocenters. The van der Waals surface area contributed by atoms with Crippen LogP contribution < -0.4 is 15.5 Å². The molecule has 1 fully saturated rings. The molecular weight excluding hydrogens is 509 g/mol. The van der Waals surface area contributed by atoms with Crippen molar-refractivity contribution >= 4 is 23.2 Å². The highest BCUT2D eigenvalue weighted by molar-refractivity contribution is 6.05. The minimum Gasteiger partial charge on any atom is -0.372 e. The monoisotopic (exact) mass is 542 g/mol. The number of benzene rings is 2. The van der Waals surface area contributed by atoms with Crippen molar-refractivity contribution in [3.63, 3.8) is 0 Å². The molecule has 2 N–H and O–H groups in total. The van der Waals surface area contributed by atoms with E-state index in [0.717, 1.165) is 37.0 Å². The molecule has 3 aromatic rings. The van der Waals surface area contributed by atoms with Crippen LogP contribution in [0.4, 0.5) is 24.5 Å². The van der Waals surface area contributed by atoms with Crippen LogP contribution in [0.5, 0.6) is 0 Å². The number of halogens is 3. The lowest BCUT2D eigenvalue weighted by molar-refractivity contribution is -0.137. The molecule has 1 aliphatic rings. The number of carbonyl (C=O) groups is 2. The molecule has 39 heavy (non-hydrogen) atoms. The van der Waals surface area contributed by atoms with Crippen molar-refractivity contribution in [2.24, 2.45) is 5.41 Å². The summed E-state index contributed by atoms with van der Waals surface area (Å²) in [7, 11) is 0. The SMILES string of the molecule is Cc1ccc(NC(=O)c2cc(N3CCCCC3)cc(C(F)(F)F)c2)cc1-c1cc(C(=O)NCC(C)(C)C)on1. The summed E-state index contributed by atoms with van der Waals surface area (Å²) in [6.45, 7) is 9.58. The molecule has 10 heteroatoms. The molecule has 208 valence electrons. The first-order valence-electron chi connectivity index (χ1n) is 12.9. The van der Waals surface area contributed by atoms with Crippen molar-refractivity contribution in [3.8, 4) is 11.3 Å². The number of carbonyl (C=O) groups excluding carboxylic acids is 2. The van der Waals surface area contributed by atoms with Crippen LogP contribution in [-0.4, -0.2) is 36.6 Å². The fourth-order valence-corrected chi connectivity index (χ4v) is 4.36. The first kappa shape index (κ1) is 28.2. The molecular formula is C29H33F3N4O3. The third-order valence-electron chi connectivity index (χ3n) is 6.51. The number of piperidine rings is 1. The maximum Gasteiger partial charge on any atom is 0.416 e. The number of amides is 2. The highest BCUT2D eigenvalue weighted by Crippen LogP contribution is 2.34. The number of rotatable bonds is 6. The Labute approximate surface area is 225 Å². The van der Waals surface area contributed by atoms with E-state index < -0.39 is 17.6 Å². The highest BCUT2D eigenvalue weighted by Gasteiger charge is 2.32. The maximum atomic E-state index is 13.7. The number of aromatic nitrogens is 1. The normalized spacial score (nSPS) is 14.3. The number of hydrogen-bond donors (Lipinski definition) is 2. The fourth-order valence-electron chi connectivity index (χ4n) is 4.36. The van der Waals surface area contributed by atoms with Crippen molar-refractivity contribution < 1.29 is 27.3 Å². The van der Waals surface area contributed by atoms with Gasteiger partial charge in [-0.2, -0.15) is 13.2 Å². The maximum absolute atomic E-state index is 13.7. The lowest BCUT2D eigenvalue weighted by atomic mass is 9.97. The van der Waals surface area contributed by atoms with Crippen LogP contribution in [0.3, 0.4) is 0 Å². The predicted octanol–water partition coefficient (Wildman–Crippen LogP) is 6.69. The van der Waals surface area contributed by atoms with Gasteiger partial charge in [0.15, 0.2) is 0 Å². The molecule has 0 aliphatic carbocycles. The van der Waals surface area contributed by atoms with Crippen molar-refractivity contribution in [3.05, 3.63) is 64.9 Å². The zero-order valence-electron chi connectivity index (χ0n) is 22.5. The summed E-state index contributed by atoms with van der Waals surface area (Å²) in [5, 5.41) is 9.53. The van der Waals surface area contributed by atoms with Gasteiger partial charge in [0.25, 0.3) is 11.8 Å². The molecule has 0 spiro atoms. The van der Waals surface area contributed by atoms with Crippen LogP contribution in [0, 0.1) is 12.3 Å². The zero-order chi connectivity index (χ0) is 28.4. The van der Waals surface area contributed by atoms with Crippen molar-refractivity contribution in [2.45, 2.75) is 53.1 Å². The molecule has 2 heterocycles. The van der Waals surface area contributed by atoms with Crippen molar-refractivity contribution in [2.75, 3.05) is 29.9 Å². The average molecular weight is 543 g/mol. The van der Waals surface area contributed by atoms with Gasteiger partial charge in [-0.1, -0.05) is 32.0 Å². The van der Waals surface area contributed by atoms with E-state index in [1.165, 1.54) is 12.1 Å². The van der Waals surface area contributed by atoms with E-state index in [-0.39, 0.29) is 22.6 Å². The van der Waals surface area contributed by atoms with Gasteiger partial charge in [-0.25, -0.2) is 0 Å². The van der Waals surface area contributed by atoms with Crippen LogP contribution in [0.25, 0.3) is 11.3 Å². The predicted molar refractivity (Wildman–Crippen MR) is 144 cm³/mol. The van der Waals surface area contributed by atoms with Gasteiger partial charge in [0.2, 0.25) is 5.76 Å². The summed E-state index contributed by atoms with van der Waals surface area (Å²) < 4.78 is 46.2. The molecule has 4 rings (SSSR count). The Bertz CT molecular complexity index is 1350. The van der Waals surface area contributed by atoms with E-state index in [1.54, 1.807) is 18.2 Å². The van der Waals surface area contributed by atoms with Crippen LogP contribution in [0.2, 0.25) is 0 Å². The van der Waals surface area contributed by atoms with E-state index in [9.17, 15) is 22.8 Å². The molecule has 1 saturated heterocycles. The van der Waals surface area contributed by atoms with Gasteiger partial charge in [-0.05, 0) is 67.5 Å². The second kappa shape index (κ2) is 11.1. The van der Waals surface area contributed by atoms with Gasteiger partial charge >= 0.3 is 6.18 Å². The number of alkyl halides is 3. The molecule has 0 saturated carbocycles. The zero-order valence-corrected chi connectivity index (χ0v) is 22.5. The third-order valence-corrected chi connectivity index (χ3v) is 6.51. The Kier molecular flexibility index (Phi) is 8.04. The minimum absolute atomic E-state index is 0.0531. The minimum atomic E-state index is -4.58. The van der Waals surface area contributed by atoms with Crippen LogP contribution in [0.1, 0.15) is 72.1 Å². The second-order valence-corrected chi connectivity index (χ2v) is 11.1. The number of anilines is 2. The molecule has 2 aromatic carbocycles. The molecule has 0 radical (unpaired) electrons. The lowest BCUT2D eigenvalue weighted by Crippen LogP contribution is -2.31. The van der Waals surface area contributed by atoms with E-state index in [2.05, 4.69) is 15.8 Å². The average Bonchev–Trinajstić information content (AvgIpc) is 3.38. The summed E-state index contributed by atoms with van der Waals surface area (Å²) in [5.41, 5.74) is 1.55. The summed E-state index contributed by atoms with van der Waals surface area (Å²) in [6.07, 6.45) is -1.76. The first-order valence-corrected chi connectivity index (χ1v) is 12.9. The lowest BCUT2D eigenvalue weighted by Gasteiger charge is -2.29. The smallest absolute Gasteiger partial charge is 0.372 e. The summed E-state index contributed by atoms with van der Waals surface area (Å²) in [5.74, 6) is -0.992. The first-order chi connectivity index (χ1) is 18.3. The largest absolute Gasteiger partial charge is 0.416 e. The molecule has 2 amide bonds. The highest BCUT2D eigenvalue weighted by atomic mass is 19.4. The Balaban J connectivity index is 1.56. The Morgan fingerprint density at radius 2 is 1.69 bits per heavy atom. The third kappa shape index (κ3) is 7.19. The van der Waals surface area contributed by atoms with Crippen molar-refractivity contribution in [1.29, 1.82) is 0 Å². The van der Waals surface area contributed by atoms with Gasteiger partial charge in [0.05, 0.1) is 5.56 Å². The molecule has 7 nitrogen and oxygen atoms in total. The van der Waals surface area contributed by atoms with Gasteiger partial charge in [-0.15, -0.1) is 0 Å². The van der Waals surface area contributed by atoms with E-state index in [4.69, 9.17) is 4.52 Å². The van der Waals surface area contributed by atoms with Gasteiger partial charge in [-0.3, -0.25) is 9.59 Å². The van der Waals surface area contributed by atoms with Crippen LogP contribution >= 0.6 is 0 Å². The molecule has 0 bridgehead atoms. The Morgan fingerprint density at radius 1 is 0.974 bits per heavy atom. The number of nitrogens with one attached hydrogen (secondary N) is 2. The molecule has 0 atom stereocenters. The molecule has 1 aliphatic heterocycles. The number of hydrogen-bond acceptors (Lipinski definition) is 5. The summed E-state index contributed by atoms with van der Waals surface area (Å²) in [6, 6.07) is 10.1. The quantitative estimate of drug-likeness (QED) is 0.363. The van der Waals surface area contributed by atoms with Gasteiger partial charge in [0.1, 0.15) is 5.69 Å². The van der Waals surface area contributed by atoms with E-state index in [1.807, 2.05) is 32.6 Å². The molecule has 1 aromatic heterocycles. The summed E-state index contributed by atoms with van der Waals surface area (Å²) >= 11 is 0.